The van der Waals surface area contributed by atoms with Gasteiger partial charge >= 0.3 is 0 Å². The molecule has 2 aromatic carbocycles. The number of nitrogens with two attached hydrogens (primary N) is 2. The smallest absolute Gasteiger partial charge is 0.274 e. The molecule has 1 amide bonds. The zero-order valence-electron chi connectivity index (χ0n) is 10.2. The number of nitrogens with zero attached hydrogens (tertiary/aromatic N) is 1. The first-order valence-corrected chi connectivity index (χ1v) is 5.72. The lowest BCUT2D eigenvalue weighted by atomic mass is 10.1. The molecule has 0 aromatic heterocycles. The van der Waals surface area contributed by atoms with E-state index in [1.165, 1.54) is 6.07 Å². The molecule has 0 heterocycles. The standard InChI is InChI=1S/C14H14FN3O/c15-9-10-5-4-8-12(16)13(10)14(19)18(17)11-6-2-1-3-7-11/h1-8H,9,16-17H2. The first-order chi connectivity index (χ1) is 9.15. The van der Waals surface area contributed by atoms with Crippen molar-refractivity contribution in [3.05, 3.63) is 59.7 Å². The second-order valence-corrected chi connectivity index (χ2v) is 4.03. The molecule has 0 atom stereocenters. The summed E-state index contributed by atoms with van der Waals surface area (Å²) >= 11 is 0. The third kappa shape index (κ3) is 2.56. The van der Waals surface area contributed by atoms with Gasteiger partial charge in [0, 0.05) is 5.69 Å². The molecule has 0 aliphatic heterocycles. The lowest BCUT2D eigenvalue weighted by Crippen LogP contribution is -2.38. The van der Waals surface area contributed by atoms with E-state index in [0.717, 1.165) is 5.01 Å². The van der Waals surface area contributed by atoms with Gasteiger partial charge in [-0.05, 0) is 23.8 Å². The molecular formula is C14H14FN3O. The fraction of sp³-hybridized carbons (Fsp3) is 0.0714. The van der Waals surface area contributed by atoms with Crippen LogP contribution in [-0.2, 0) is 6.67 Å². The molecule has 2 rings (SSSR count). The average Bonchev–Trinajstić information content (AvgIpc) is 2.46. The SMILES string of the molecule is Nc1cccc(CF)c1C(=O)N(N)c1ccccc1. The van der Waals surface area contributed by atoms with Crippen LogP contribution < -0.4 is 16.6 Å². The molecule has 0 radical (unpaired) electrons. The van der Waals surface area contributed by atoms with E-state index in [2.05, 4.69) is 0 Å². The maximum absolute atomic E-state index is 12.9. The van der Waals surface area contributed by atoms with Gasteiger partial charge < -0.3 is 5.73 Å². The van der Waals surface area contributed by atoms with Gasteiger partial charge in [-0.2, -0.15) is 0 Å². The monoisotopic (exact) mass is 259 g/mol. The van der Waals surface area contributed by atoms with Crippen LogP contribution in [0.4, 0.5) is 15.8 Å². The molecule has 0 saturated heterocycles. The van der Waals surface area contributed by atoms with Crippen LogP contribution in [0.1, 0.15) is 15.9 Å². The lowest BCUT2D eigenvalue weighted by molar-refractivity contribution is 0.0986. The van der Waals surface area contributed by atoms with Crippen LogP contribution >= 0.6 is 0 Å². The summed E-state index contributed by atoms with van der Waals surface area (Å²) in [5, 5.41) is 0.963. The molecule has 4 N–H and O–H groups in total. The number of hydrogen-bond donors (Lipinski definition) is 2. The summed E-state index contributed by atoms with van der Waals surface area (Å²) in [4.78, 5) is 12.3. The predicted molar refractivity (Wildman–Crippen MR) is 73.1 cm³/mol. The Bertz CT molecular complexity index is 586. The zero-order valence-corrected chi connectivity index (χ0v) is 10.2. The van der Waals surface area contributed by atoms with Crippen LogP contribution in [0.25, 0.3) is 0 Å². The molecule has 0 unspecified atom stereocenters. The Labute approximate surface area is 110 Å². The largest absolute Gasteiger partial charge is 0.398 e. The van der Waals surface area contributed by atoms with Crippen molar-refractivity contribution in [3.8, 4) is 0 Å². The van der Waals surface area contributed by atoms with Crippen LogP contribution in [0.3, 0.4) is 0 Å². The van der Waals surface area contributed by atoms with Crippen molar-refractivity contribution < 1.29 is 9.18 Å². The van der Waals surface area contributed by atoms with Crippen LogP contribution in [-0.4, -0.2) is 5.91 Å². The van der Waals surface area contributed by atoms with E-state index < -0.39 is 12.6 Å². The van der Waals surface area contributed by atoms with Crippen molar-refractivity contribution in [2.24, 2.45) is 5.84 Å². The van der Waals surface area contributed by atoms with Gasteiger partial charge in [-0.15, -0.1) is 0 Å². The van der Waals surface area contributed by atoms with E-state index >= 15 is 0 Å². The minimum atomic E-state index is -0.769. The number of carbonyl (C=O) groups is 1. The van der Waals surface area contributed by atoms with Crippen LogP contribution in [0.5, 0.6) is 0 Å². The van der Waals surface area contributed by atoms with Crippen LogP contribution in [0, 0.1) is 0 Å². The number of nitrogen functional groups attached to an aromatic ring is 1. The predicted octanol–water partition coefficient (Wildman–Crippen LogP) is 2.26. The fourth-order valence-corrected chi connectivity index (χ4v) is 1.82. The first-order valence-electron chi connectivity index (χ1n) is 5.72. The highest BCUT2D eigenvalue weighted by atomic mass is 19.1. The van der Waals surface area contributed by atoms with Crippen molar-refractivity contribution >= 4 is 17.3 Å². The van der Waals surface area contributed by atoms with Crippen molar-refractivity contribution in [2.45, 2.75) is 6.67 Å². The number of carbonyl (C=O) groups excluding carboxylic acids is 1. The summed E-state index contributed by atoms with van der Waals surface area (Å²) in [6, 6.07) is 13.4. The van der Waals surface area contributed by atoms with Crippen molar-refractivity contribution in [1.29, 1.82) is 0 Å². The van der Waals surface area contributed by atoms with E-state index in [-0.39, 0.29) is 16.8 Å². The molecule has 19 heavy (non-hydrogen) atoms. The Kier molecular flexibility index (Phi) is 3.77. The lowest BCUT2D eigenvalue weighted by Gasteiger charge is -2.19. The molecule has 4 nitrogen and oxygen atoms in total. The molecule has 0 bridgehead atoms. The number of amides is 1. The maximum Gasteiger partial charge on any atom is 0.274 e. The third-order valence-corrected chi connectivity index (χ3v) is 2.79. The van der Waals surface area contributed by atoms with E-state index in [0.29, 0.717) is 5.69 Å². The second kappa shape index (κ2) is 5.49. The normalized spacial score (nSPS) is 10.2. The Morgan fingerprint density at radius 3 is 2.42 bits per heavy atom. The van der Waals surface area contributed by atoms with Crippen LogP contribution in [0.2, 0.25) is 0 Å². The summed E-state index contributed by atoms with van der Waals surface area (Å²) in [6.45, 7) is -0.769. The van der Waals surface area contributed by atoms with E-state index in [1.807, 2.05) is 6.07 Å². The van der Waals surface area contributed by atoms with Gasteiger partial charge in [0.05, 0.1) is 11.3 Å². The van der Waals surface area contributed by atoms with Crippen molar-refractivity contribution in [3.63, 3.8) is 0 Å². The van der Waals surface area contributed by atoms with E-state index in [1.54, 1.807) is 36.4 Å². The Balaban J connectivity index is 2.40. The summed E-state index contributed by atoms with van der Waals surface area (Å²) < 4.78 is 12.9. The third-order valence-electron chi connectivity index (χ3n) is 2.79. The van der Waals surface area contributed by atoms with Gasteiger partial charge in [-0.25, -0.2) is 15.2 Å². The highest BCUT2D eigenvalue weighted by Crippen LogP contribution is 2.22. The van der Waals surface area contributed by atoms with Crippen LogP contribution in [0.15, 0.2) is 48.5 Å². The first kappa shape index (κ1) is 13.0. The summed E-state index contributed by atoms with van der Waals surface area (Å²) in [7, 11) is 0. The zero-order chi connectivity index (χ0) is 13.8. The minimum absolute atomic E-state index is 0.108. The molecule has 2 aromatic rings. The molecular weight excluding hydrogens is 245 g/mol. The van der Waals surface area contributed by atoms with Gasteiger partial charge in [0.25, 0.3) is 5.91 Å². The highest BCUT2D eigenvalue weighted by molar-refractivity contribution is 6.09. The molecule has 0 aliphatic rings. The summed E-state index contributed by atoms with van der Waals surface area (Å²) in [5.74, 6) is 5.24. The quantitative estimate of drug-likeness (QED) is 0.384. The average molecular weight is 259 g/mol. The highest BCUT2D eigenvalue weighted by Gasteiger charge is 2.20. The van der Waals surface area contributed by atoms with Gasteiger partial charge in [0.15, 0.2) is 0 Å². The van der Waals surface area contributed by atoms with Crippen molar-refractivity contribution in [1.82, 2.24) is 0 Å². The number of hydrazine groups is 1. The topological polar surface area (TPSA) is 72.4 Å². The second-order valence-electron chi connectivity index (χ2n) is 4.03. The maximum atomic E-state index is 12.9. The van der Waals surface area contributed by atoms with Gasteiger partial charge in [-0.3, -0.25) is 4.79 Å². The summed E-state index contributed by atoms with van der Waals surface area (Å²) in [6.07, 6.45) is 0. The Morgan fingerprint density at radius 2 is 1.79 bits per heavy atom. The number of rotatable bonds is 3. The fourth-order valence-electron chi connectivity index (χ4n) is 1.82. The van der Waals surface area contributed by atoms with Gasteiger partial charge in [0.1, 0.15) is 6.67 Å². The molecule has 5 heteroatoms. The number of alkyl halides is 1. The Hall–Kier alpha value is -2.40. The van der Waals surface area contributed by atoms with E-state index in [4.69, 9.17) is 11.6 Å². The molecule has 0 aliphatic carbocycles. The Morgan fingerprint density at radius 1 is 1.11 bits per heavy atom. The number of para-hydroxylation sites is 1. The number of benzene rings is 2. The molecule has 98 valence electrons. The number of hydrogen-bond acceptors (Lipinski definition) is 3. The minimum Gasteiger partial charge on any atom is -0.398 e. The van der Waals surface area contributed by atoms with E-state index in [9.17, 15) is 9.18 Å². The number of halogens is 1. The molecule has 0 spiro atoms. The molecule has 0 fully saturated rings. The van der Waals surface area contributed by atoms with Gasteiger partial charge in [0.2, 0.25) is 0 Å². The number of anilines is 2. The molecule has 0 saturated carbocycles. The van der Waals surface area contributed by atoms with Crippen molar-refractivity contribution in [2.75, 3.05) is 10.7 Å². The van der Waals surface area contributed by atoms with Gasteiger partial charge in [-0.1, -0.05) is 30.3 Å². The summed E-state index contributed by atoms with van der Waals surface area (Å²) in [5.41, 5.74) is 6.81.